The summed E-state index contributed by atoms with van der Waals surface area (Å²) in [7, 11) is 1.63. The van der Waals surface area contributed by atoms with Crippen molar-refractivity contribution in [3.8, 4) is 0 Å². The molecule has 1 amide bonds. The van der Waals surface area contributed by atoms with E-state index in [9.17, 15) is 22.8 Å². The van der Waals surface area contributed by atoms with Crippen LogP contribution >= 0.6 is 0 Å². The molecule has 0 saturated heterocycles. The van der Waals surface area contributed by atoms with Gasteiger partial charge in [0, 0.05) is 29.2 Å². The van der Waals surface area contributed by atoms with Gasteiger partial charge in [-0.3, -0.25) is 9.59 Å². The number of rotatable bonds is 2. The van der Waals surface area contributed by atoms with E-state index in [2.05, 4.69) is 9.97 Å². The molecule has 1 atom stereocenters. The van der Waals surface area contributed by atoms with Crippen LogP contribution in [-0.4, -0.2) is 27.8 Å². The molecule has 2 heterocycles. The Labute approximate surface area is 174 Å². The van der Waals surface area contributed by atoms with Gasteiger partial charge in [0.2, 0.25) is 0 Å². The number of H-pyrrole nitrogens is 2. The van der Waals surface area contributed by atoms with Gasteiger partial charge in [-0.1, -0.05) is 0 Å². The molecule has 0 fully saturated rings. The summed E-state index contributed by atoms with van der Waals surface area (Å²) in [5, 5.41) is 0.931. The van der Waals surface area contributed by atoms with E-state index in [-0.39, 0.29) is 11.3 Å². The van der Waals surface area contributed by atoms with Gasteiger partial charge in [0.15, 0.2) is 11.6 Å². The van der Waals surface area contributed by atoms with Gasteiger partial charge in [0.25, 0.3) is 11.5 Å². The van der Waals surface area contributed by atoms with Crippen molar-refractivity contribution in [3.05, 3.63) is 81.2 Å². The second-order valence-electron chi connectivity index (χ2n) is 7.90. The monoisotopic (exact) mass is 425 g/mol. The summed E-state index contributed by atoms with van der Waals surface area (Å²) in [5.41, 5.74) is 1.69. The van der Waals surface area contributed by atoms with E-state index in [1.54, 1.807) is 19.2 Å². The number of aromatic nitrogens is 2. The molecule has 0 radical (unpaired) electrons. The maximum absolute atomic E-state index is 14.0. The predicted molar refractivity (Wildman–Crippen MR) is 111 cm³/mol. The third-order valence-electron chi connectivity index (χ3n) is 6.02. The Morgan fingerprint density at radius 2 is 1.77 bits per heavy atom. The number of fused-ring (bicyclic) bond motifs is 4. The first-order valence-electron chi connectivity index (χ1n) is 9.92. The number of nitrogens with zero attached hydrogens (tertiary/aromatic N) is 1. The third kappa shape index (κ3) is 3.10. The van der Waals surface area contributed by atoms with Crippen molar-refractivity contribution in [2.75, 3.05) is 7.05 Å². The lowest BCUT2D eigenvalue weighted by Gasteiger charge is -2.33. The Balaban J connectivity index is 1.61. The highest BCUT2D eigenvalue weighted by molar-refractivity contribution is 5.98. The molecule has 2 aromatic heterocycles. The number of benzene rings is 2. The minimum Gasteiger partial charge on any atom is -0.351 e. The van der Waals surface area contributed by atoms with Gasteiger partial charge in [-0.25, -0.2) is 13.2 Å². The van der Waals surface area contributed by atoms with Crippen molar-refractivity contribution < 1.29 is 18.0 Å². The first-order valence-corrected chi connectivity index (χ1v) is 9.92. The van der Waals surface area contributed by atoms with E-state index in [0.717, 1.165) is 18.6 Å². The van der Waals surface area contributed by atoms with Gasteiger partial charge in [-0.15, -0.1) is 0 Å². The number of aryl methyl sites for hydroxylation is 1. The van der Waals surface area contributed by atoms with Crippen molar-refractivity contribution in [3.63, 3.8) is 0 Å². The molecular formula is C23H18F3N3O2. The van der Waals surface area contributed by atoms with Crippen molar-refractivity contribution in [1.82, 2.24) is 14.9 Å². The summed E-state index contributed by atoms with van der Waals surface area (Å²) < 4.78 is 41.3. The second-order valence-corrected chi connectivity index (χ2v) is 7.90. The Kier molecular flexibility index (Phi) is 4.39. The first kappa shape index (κ1) is 19.4. The van der Waals surface area contributed by atoms with Gasteiger partial charge in [-0.05, 0) is 61.0 Å². The lowest BCUT2D eigenvalue weighted by molar-refractivity contribution is 0.0710. The van der Waals surface area contributed by atoms with E-state index in [1.807, 2.05) is 0 Å². The zero-order valence-corrected chi connectivity index (χ0v) is 16.6. The third-order valence-corrected chi connectivity index (χ3v) is 6.02. The fraction of sp³-hybridized carbons (Fsp3) is 0.217. The van der Waals surface area contributed by atoms with E-state index in [4.69, 9.17) is 0 Å². The standard InChI is InChI=1S/C23H18F3N3O2/c1-29(23(31)19-8-11-7-12(24)5-6-17(11)27-19)20-4-2-3-18-21(20)13-9-15(25)16(26)10-14(13)22(30)28-18/h5-10,20,27H,2-4H2,1H3,(H,28,30)/t20-/m0/s1. The number of hydrogen-bond donors (Lipinski definition) is 2. The summed E-state index contributed by atoms with van der Waals surface area (Å²) in [5.74, 6) is -2.86. The highest BCUT2D eigenvalue weighted by atomic mass is 19.2. The van der Waals surface area contributed by atoms with E-state index < -0.39 is 29.1 Å². The Morgan fingerprint density at radius 3 is 2.55 bits per heavy atom. The van der Waals surface area contributed by atoms with Gasteiger partial charge >= 0.3 is 0 Å². The normalized spacial score (nSPS) is 15.9. The number of hydrogen-bond acceptors (Lipinski definition) is 2. The molecule has 0 aliphatic heterocycles. The second kappa shape index (κ2) is 7.01. The van der Waals surface area contributed by atoms with E-state index in [0.29, 0.717) is 46.1 Å². The van der Waals surface area contributed by atoms with Crippen LogP contribution in [0.25, 0.3) is 21.7 Å². The minimum atomic E-state index is -1.10. The van der Waals surface area contributed by atoms with Crippen molar-refractivity contribution in [2.24, 2.45) is 0 Å². The van der Waals surface area contributed by atoms with Crippen LogP contribution in [0.15, 0.2) is 41.2 Å². The number of nitrogens with one attached hydrogen (secondary N) is 2. The van der Waals surface area contributed by atoms with Crippen LogP contribution < -0.4 is 5.56 Å². The lowest BCUT2D eigenvalue weighted by atomic mass is 9.86. The maximum atomic E-state index is 14.0. The number of aromatic amines is 2. The van der Waals surface area contributed by atoms with E-state index >= 15 is 0 Å². The zero-order chi connectivity index (χ0) is 21.9. The van der Waals surface area contributed by atoms with Crippen molar-refractivity contribution in [2.45, 2.75) is 25.3 Å². The van der Waals surface area contributed by atoms with Gasteiger partial charge in [-0.2, -0.15) is 0 Å². The Bertz CT molecular complexity index is 1420. The summed E-state index contributed by atoms with van der Waals surface area (Å²) in [6.07, 6.45) is 1.90. The fourth-order valence-electron chi connectivity index (χ4n) is 4.52. The average Bonchev–Trinajstić information content (AvgIpc) is 3.17. The summed E-state index contributed by atoms with van der Waals surface area (Å²) >= 11 is 0. The molecule has 0 bridgehead atoms. The quantitative estimate of drug-likeness (QED) is 0.494. The van der Waals surface area contributed by atoms with Crippen LogP contribution in [0, 0.1) is 17.5 Å². The number of amides is 1. The zero-order valence-electron chi connectivity index (χ0n) is 16.6. The van der Waals surface area contributed by atoms with E-state index in [1.165, 1.54) is 17.0 Å². The molecule has 1 aliphatic carbocycles. The minimum absolute atomic E-state index is 0.0477. The van der Waals surface area contributed by atoms with Crippen LogP contribution in [0.2, 0.25) is 0 Å². The molecule has 31 heavy (non-hydrogen) atoms. The van der Waals surface area contributed by atoms with Gasteiger partial charge < -0.3 is 14.9 Å². The molecule has 1 aliphatic rings. The predicted octanol–water partition coefficient (Wildman–Crippen LogP) is 4.58. The largest absolute Gasteiger partial charge is 0.351 e. The van der Waals surface area contributed by atoms with Crippen LogP contribution in [0.4, 0.5) is 13.2 Å². The lowest BCUT2D eigenvalue weighted by Crippen LogP contribution is -2.34. The fourth-order valence-corrected chi connectivity index (χ4v) is 4.52. The van der Waals surface area contributed by atoms with Crippen LogP contribution in [0.5, 0.6) is 0 Å². The molecular weight excluding hydrogens is 407 g/mol. The summed E-state index contributed by atoms with van der Waals surface area (Å²) in [6, 6.07) is 7.28. The van der Waals surface area contributed by atoms with Crippen LogP contribution in [0.3, 0.4) is 0 Å². The number of carbonyl (C=O) groups is 1. The molecule has 5 rings (SSSR count). The molecule has 5 nitrogen and oxygen atoms in total. The Morgan fingerprint density at radius 1 is 1.03 bits per heavy atom. The van der Waals surface area contributed by atoms with Crippen molar-refractivity contribution in [1.29, 1.82) is 0 Å². The number of halogens is 3. The number of carbonyl (C=O) groups excluding carboxylic acids is 1. The smallest absolute Gasteiger partial charge is 0.270 e. The molecule has 0 unspecified atom stereocenters. The first-order chi connectivity index (χ1) is 14.8. The summed E-state index contributed by atoms with van der Waals surface area (Å²) in [6.45, 7) is 0. The molecule has 0 spiro atoms. The molecule has 158 valence electrons. The van der Waals surface area contributed by atoms with Crippen molar-refractivity contribution >= 4 is 27.6 Å². The maximum Gasteiger partial charge on any atom is 0.270 e. The Hall–Kier alpha value is -3.55. The highest BCUT2D eigenvalue weighted by Crippen LogP contribution is 2.37. The molecule has 8 heteroatoms. The average molecular weight is 425 g/mol. The molecule has 2 N–H and O–H groups in total. The summed E-state index contributed by atoms with van der Waals surface area (Å²) in [4.78, 5) is 32.9. The highest BCUT2D eigenvalue weighted by Gasteiger charge is 2.31. The topological polar surface area (TPSA) is 69.0 Å². The van der Waals surface area contributed by atoms with Gasteiger partial charge in [0.1, 0.15) is 11.5 Å². The molecule has 2 aromatic carbocycles. The number of pyridine rings is 1. The van der Waals surface area contributed by atoms with Gasteiger partial charge in [0.05, 0.1) is 11.4 Å². The molecule has 4 aromatic rings. The van der Waals surface area contributed by atoms with Crippen LogP contribution in [-0.2, 0) is 6.42 Å². The SMILES string of the molecule is CN(C(=O)c1cc2cc(F)ccc2[nH]1)[C@H]1CCCc2[nH]c(=O)c3cc(F)c(F)cc3c21. The van der Waals surface area contributed by atoms with Crippen LogP contribution in [0.1, 0.15) is 40.6 Å². The molecule has 0 saturated carbocycles.